The molecule has 0 aliphatic heterocycles. The molecule has 0 spiro atoms. The predicted octanol–water partition coefficient (Wildman–Crippen LogP) is 0.618. The Morgan fingerprint density at radius 3 is 2.79 bits per heavy atom. The molecule has 0 radical (unpaired) electrons. The minimum absolute atomic E-state index is 0.371. The standard InChI is InChI=1S/C10H14O4/c1-2-3-9-7(8(12)6-11)4-5-10(13)14-9/h4-5,8,11-12H,2-3,6H2,1H3. The smallest absolute Gasteiger partial charge is 0.335 e. The van der Waals surface area contributed by atoms with Crippen LogP contribution >= 0.6 is 0 Å². The van der Waals surface area contributed by atoms with E-state index in [2.05, 4.69) is 0 Å². The molecule has 0 amide bonds. The van der Waals surface area contributed by atoms with Gasteiger partial charge in [0.05, 0.1) is 6.61 Å². The molecule has 4 nitrogen and oxygen atoms in total. The van der Waals surface area contributed by atoms with Gasteiger partial charge in [-0.25, -0.2) is 4.79 Å². The molecule has 14 heavy (non-hydrogen) atoms. The minimum atomic E-state index is -0.971. The number of aryl methyl sites for hydroxylation is 1. The first-order chi connectivity index (χ1) is 6.69. The molecule has 78 valence electrons. The van der Waals surface area contributed by atoms with Gasteiger partial charge >= 0.3 is 5.63 Å². The van der Waals surface area contributed by atoms with Gasteiger partial charge in [0, 0.05) is 18.1 Å². The summed E-state index contributed by atoms with van der Waals surface area (Å²) in [7, 11) is 0. The fourth-order valence-electron chi connectivity index (χ4n) is 1.28. The molecule has 0 aromatic carbocycles. The van der Waals surface area contributed by atoms with Crippen molar-refractivity contribution < 1.29 is 14.6 Å². The maximum absolute atomic E-state index is 10.9. The van der Waals surface area contributed by atoms with E-state index in [1.807, 2.05) is 6.92 Å². The highest BCUT2D eigenvalue weighted by Gasteiger charge is 2.13. The van der Waals surface area contributed by atoms with Gasteiger partial charge < -0.3 is 14.6 Å². The monoisotopic (exact) mass is 198 g/mol. The van der Waals surface area contributed by atoms with Crippen molar-refractivity contribution in [3.05, 3.63) is 33.9 Å². The second-order valence-electron chi connectivity index (χ2n) is 3.08. The van der Waals surface area contributed by atoms with E-state index < -0.39 is 11.7 Å². The van der Waals surface area contributed by atoms with E-state index in [0.717, 1.165) is 6.42 Å². The molecular formula is C10H14O4. The number of hydrogen-bond donors (Lipinski definition) is 2. The van der Waals surface area contributed by atoms with Crippen molar-refractivity contribution in [2.24, 2.45) is 0 Å². The number of aliphatic hydroxyl groups excluding tert-OH is 2. The normalized spacial score (nSPS) is 12.8. The van der Waals surface area contributed by atoms with Crippen LogP contribution in [0.15, 0.2) is 21.3 Å². The third-order valence-electron chi connectivity index (χ3n) is 1.95. The Labute approximate surface area is 81.8 Å². The molecule has 1 rings (SSSR count). The average Bonchev–Trinajstić information content (AvgIpc) is 2.17. The molecule has 1 unspecified atom stereocenters. The first kappa shape index (κ1) is 10.9. The van der Waals surface area contributed by atoms with Gasteiger partial charge in [0.2, 0.25) is 0 Å². The summed E-state index contributed by atoms with van der Waals surface area (Å²) in [6.07, 6.45) is 0.432. The van der Waals surface area contributed by atoms with Crippen molar-refractivity contribution in [2.45, 2.75) is 25.9 Å². The van der Waals surface area contributed by atoms with Crippen molar-refractivity contribution in [3.8, 4) is 0 Å². The van der Waals surface area contributed by atoms with Crippen molar-refractivity contribution in [2.75, 3.05) is 6.61 Å². The van der Waals surface area contributed by atoms with Crippen LogP contribution in [0, 0.1) is 0 Å². The average molecular weight is 198 g/mol. The maximum atomic E-state index is 10.9. The zero-order valence-corrected chi connectivity index (χ0v) is 8.06. The zero-order chi connectivity index (χ0) is 10.6. The fourth-order valence-corrected chi connectivity index (χ4v) is 1.28. The van der Waals surface area contributed by atoms with Gasteiger partial charge in [0.15, 0.2) is 0 Å². The minimum Gasteiger partial charge on any atom is -0.428 e. The van der Waals surface area contributed by atoms with Crippen LogP contribution in [0.4, 0.5) is 0 Å². The quantitative estimate of drug-likeness (QED) is 0.744. The van der Waals surface area contributed by atoms with Gasteiger partial charge in [-0.1, -0.05) is 6.92 Å². The molecule has 4 heteroatoms. The molecule has 2 N–H and O–H groups in total. The molecular weight excluding hydrogens is 184 g/mol. The van der Waals surface area contributed by atoms with Crippen molar-refractivity contribution in [1.82, 2.24) is 0 Å². The highest BCUT2D eigenvalue weighted by atomic mass is 16.4. The fraction of sp³-hybridized carbons (Fsp3) is 0.500. The summed E-state index contributed by atoms with van der Waals surface area (Å²) in [6, 6.07) is 2.74. The Morgan fingerprint density at radius 1 is 1.50 bits per heavy atom. The molecule has 1 heterocycles. The van der Waals surface area contributed by atoms with E-state index >= 15 is 0 Å². The van der Waals surface area contributed by atoms with Gasteiger partial charge in [-0.15, -0.1) is 0 Å². The molecule has 0 bridgehead atoms. The lowest BCUT2D eigenvalue weighted by molar-refractivity contribution is 0.0924. The molecule has 0 aliphatic carbocycles. The molecule has 0 fully saturated rings. The van der Waals surface area contributed by atoms with Gasteiger partial charge in [0.25, 0.3) is 0 Å². The molecule has 0 aliphatic rings. The van der Waals surface area contributed by atoms with Crippen molar-refractivity contribution >= 4 is 0 Å². The lowest BCUT2D eigenvalue weighted by atomic mass is 10.1. The Hall–Kier alpha value is -1.13. The van der Waals surface area contributed by atoms with Crippen molar-refractivity contribution in [1.29, 1.82) is 0 Å². The molecule has 1 atom stereocenters. The van der Waals surface area contributed by atoms with E-state index in [1.165, 1.54) is 12.1 Å². The summed E-state index contributed by atoms with van der Waals surface area (Å²) >= 11 is 0. The van der Waals surface area contributed by atoms with E-state index in [9.17, 15) is 9.90 Å². The Kier molecular flexibility index (Phi) is 3.85. The molecule has 0 saturated heterocycles. The molecule has 0 saturated carbocycles. The highest BCUT2D eigenvalue weighted by Crippen LogP contribution is 2.17. The van der Waals surface area contributed by atoms with Crippen LogP contribution in [-0.2, 0) is 6.42 Å². The summed E-state index contributed by atoms with van der Waals surface area (Å²) in [5.74, 6) is 0.460. The van der Waals surface area contributed by atoms with E-state index in [-0.39, 0.29) is 6.61 Å². The summed E-state index contributed by atoms with van der Waals surface area (Å²) in [4.78, 5) is 10.9. The maximum Gasteiger partial charge on any atom is 0.335 e. The lowest BCUT2D eigenvalue weighted by Crippen LogP contribution is -2.10. The van der Waals surface area contributed by atoms with E-state index in [0.29, 0.717) is 17.7 Å². The first-order valence-electron chi connectivity index (χ1n) is 4.61. The third-order valence-corrected chi connectivity index (χ3v) is 1.95. The Morgan fingerprint density at radius 2 is 2.21 bits per heavy atom. The zero-order valence-electron chi connectivity index (χ0n) is 8.06. The SMILES string of the molecule is CCCc1oc(=O)ccc1C(O)CO. The van der Waals surface area contributed by atoms with Gasteiger partial charge in [0.1, 0.15) is 11.9 Å². The van der Waals surface area contributed by atoms with Crippen molar-refractivity contribution in [3.63, 3.8) is 0 Å². The van der Waals surface area contributed by atoms with Crippen LogP contribution in [0.2, 0.25) is 0 Å². The molecule has 1 aromatic rings. The van der Waals surface area contributed by atoms with Gasteiger partial charge in [-0.2, -0.15) is 0 Å². The van der Waals surface area contributed by atoms with Gasteiger partial charge in [-0.3, -0.25) is 0 Å². The predicted molar refractivity (Wildman–Crippen MR) is 51.0 cm³/mol. The number of hydrogen-bond acceptors (Lipinski definition) is 4. The van der Waals surface area contributed by atoms with Crippen LogP contribution < -0.4 is 5.63 Å². The highest BCUT2D eigenvalue weighted by molar-refractivity contribution is 5.19. The summed E-state index contributed by atoms with van der Waals surface area (Å²) in [6.45, 7) is 1.58. The van der Waals surface area contributed by atoms with E-state index in [4.69, 9.17) is 9.52 Å². The molecule has 1 aromatic heterocycles. The van der Waals surface area contributed by atoms with E-state index in [1.54, 1.807) is 0 Å². The lowest BCUT2D eigenvalue weighted by Gasteiger charge is -2.10. The van der Waals surface area contributed by atoms with Gasteiger partial charge in [-0.05, 0) is 12.5 Å². The Bertz CT molecular complexity index is 342. The van der Waals surface area contributed by atoms with Crippen LogP contribution in [0.1, 0.15) is 30.8 Å². The third kappa shape index (κ3) is 2.43. The number of aliphatic hydroxyl groups is 2. The number of rotatable bonds is 4. The second kappa shape index (κ2) is 4.93. The van der Waals surface area contributed by atoms with Crippen LogP contribution in [-0.4, -0.2) is 16.8 Å². The first-order valence-corrected chi connectivity index (χ1v) is 4.61. The summed E-state index contributed by atoms with van der Waals surface area (Å²) in [5.41, 5.74) is 0.0660. The largest absolute Gasteiger partial charge is 0.428 e. The summed E-state index contributed by atoms with van der Waals surface area (Å²) in [5, 5.41) is 18.2. The van der Waals surface area contributed by atoms with Crippen LogP contribution in [0.25, 0.3) is 0 Å². The van der Waals surface area contributed by atoms with Crippen LogP contribution in [0.5, 0.6) is 0 Å². The second-order valence-corrected chi connectivity index (χ2v) is 3.08. The topological polar surface area (TPSA) is 70.7 Å². The summed E-state index contributed by atoms with van der Waals surface area (Å²) < 4.78 is 4.95. The Balaban J connectivity index is 3.07. The van der Waals surface area contributed by atoms with Crippen LogP contribution in [0.3, 0.4) is 0 Å².